The molecule has 0 bridgehead atoms. The SMILES string of the molecule is COc1cccc(COC(=O)c2cccc(Oc3ccccc3)c2)c1OC. The number of esters is 1. The Morgan fingerprint density at radius 1 is 0.815 bits per heavy atom. The number of para-hydroxylation sites is 2. The molecule has 3 rings (SSSR count). The average molecular weight is 364 g/mol. The third-order valence-electron chi connectivity index (χ3n) is 3.89. The summed E-state index contributed by atoms with van der Waals surface area (Å²) in [4.78, 5) is 12.4. The van der Waals surface area contributed by atoms with E-state index < -0.39 is 5.97 Å². The van der Waals surface area contributed by atoms with E-state index in [-0.39, 0.29) is 6.61 Å². The lowest BCUT2D eigenvalue weighted by atomic mass is 10.2. The van der Waals surface area contributed by atoms with Crippen LogP contribution in [0.3, 0.4) is 0 Å². The highest BCUT2D eigenvalue weighted by Crippen LogP contribution is 2.31. The van der Waals surface area contributed by atoms with E-state index in [9.17, 15) is 4.79 Å². The van der Waals surface area contributed by atoms with E-state index in [0.29, 0.717) is 28.6 Å². The van der Waals surface area contributed by atoms with Crippen molar-refractivity contribution in [2.75, 3.05) is 14.2 Å². The predicted octanol–water partition coefficient (Wildman–Crippen LogP) is 4.85. The molecule has 0 radical (unpaired) electrons. The van der Waals surface area contributed by atoms with Crippen LogP contribution >= 0.6 is 0 Å². The second-order valence-corrected chi connectivity index (χ2v) is 5.67. The van der Waals surface area contributed by atoms with Gasteiger partial charge in [-0.15, -0.1) is 0 Å². The van der Waals surface area contributed by atoms with Gasteiger partial charge in [-0.05, 0) is 36.4 Å². The highest BCUT2D eigenvalue weighted by Gasteiger charge is 2.13. The van der Waals surface area contributed by atoms with E-state index in [1.807, 2.05) is 42.5 Å². The summed E-state index contributed by atoms with van der Waals surface area (Å²) in [6, 6.07) is 21.7. The molecule has 5 nitrogen and oxygen atoms in total. The van der Waals surface area contributed by atoms with Crippen LogP contribution in [-0.4, -0.2) is 20.2 Å². The van der Waals surface area contributed by atoms with Gasteiger partial charge in [0.1, 0.15) is 18.1 Å². The van der Waals surface area contributed by atoms with Crippen LogP contribution in [-0.2, 0) is 11.3 Å². The third-order valence-corrected chi connectivity index (χ3v) is 3.89. The maximum absolute atomic E-state index is 12.4. The summed E-state index contributed by atoms with van der Waals surface area (Å²) in [5.41, 5.74) is 1.13. The van der Waals surface area contributed by atoms with Crippen LogP contribution in [0.2, 0.25) is 0 Å². The van der Waals surface area contributed by atoms with E-state index in [4.69, 9.17) is 18.9 Å². The van der Waals surface area contributed by atoms with Gasteiger partial charge in [-0.1, -0.05) is 36.4 Å². The van der Waals surface area contributed by atoms with Gasteiger partial charge in [0.2, 0.25) is 0 Å². The predicted molar refractivity (Wildman–Crippen MR) is 102 cm³/mol. The Morgan fingerprint density at radius 3 is 2.30 bits per heavy atom. The van der Waals surface area contributed by atoms with Gasteiger partial charge in [0.05, 0.1) is 19.8 Å². The van der Waals surface area contributed by atoms with Crippen LogP contribution in [0.5, 0.6) is 23.0 Å². The molecular weight excluding hydrogens is 344 g/mol. The van der Waals surface area contributed by atoms with Gasteiger partial charge in [-0.25, -0.2) is 4.79 Å². The molecule has 0 amide bonds. The standard InChI is InChI=1S/C22H20O5/c1-24-20-13-7-9-17(21(20)25-2)15-26-22(23)16-8-6-12-19(14-16)27-18-10-4-3-5-11-18/h3-14H,15H2,1-2H3. The van der Waals surface area contributed by atoms with Crippen molar-refractivity contribution in [2.24, 2.45) is 0 Å². The van der Waals surface area contributed by atoms with Crippen molar-refractivity contribution >= 4 is 5.97 Å². The van der Waals surface area contributed by atoms with Gasteiger partial charge in [0.25, 0.3) is 0 Å². The second kappa shape index (κ2) is 8.76. The van der Waals surface area contributed by atoms with Crippen LogP contribution in [0, 0.1) is 0 Å². The summed E-state index contributed by atoms with van der Waals surface area (Å²) in [6.45, 7) is 0.0724. The molecule has 0 spiro atoms. The van der Waals surface area contributed by atoms with Crippen molar-refractivity contribution in [1.82, 2.24) is 0 Å². The van der Waals surface area contributed by atoms with E-state index in [2.05, 4.69) is 0 Å². The van der Waals surface area contributed by atoms with Crippen LogP contribution < -0.4 is 14.2 Å². The topological polar surface area (TPSA) is 54.0 Å². The van der Waals surface area contributed by atoms with Crippen molar-refractivity contribution < 1.29 is 23.7 Å². The Balaban J connectivity index is 1.69. The second-order valence-electron chi connectivity index (χ2n) is 5.67. The molecule has 138 valence electrons. The molecule has 0 N–H and O–H groups in total. The van der Waals surface area contributed by atoms with Crippen LogP contribution in [0.4, 0.5) is 0 Å². The zero-order chi connectivity index (χ0) is 19.1. The molecule has 0 aliphatic heterocycles. The minimum absolute atomic E-state index is 0.0724. The lowest BCUT2D eigenvalue weighted by Crippen LogP contribution is -2.06. The monoisotopic (exact) mass is 364 g/mol. The fraction of sp³-hybridized carbons (Fsp3) is 0.136. The maximum atomic E-state index is 12.4. The highest BCUT2D eigenvalue weighted by molar-refractivity contribution is 5.89. The molecule has 0 aromatic heterocycles. The van der Waals surface area contributed by atoms with Gasteiger partial charge in [-0.3, -0.25) is 0 Å². The molecule has 0 heterocycles. The first kappa shape index (κ1) is 18.3. The molecule has 0 aliphatic rings. The summed E-state index contributed by atoms with van der Waals surface area (Å²) in [5, 5.41) is 0. The van der Waals surface area contributed by atoms with Crippen LogP contribution in [0.25, 0.3) is 0 Å². The van der Waals surface area contributed by atoms with Crippen molar-refractivity contribution in [3.8, 4) is 23.0 Å². The molecule has 0 saturated heterocycles. The number of rotatable bonds is 7. The molecule has 27 heavy (non-hydrogen) atoms. The Morgan fingerprint density at radius 2 is 1.56 bits per heavy atom. The normalized spacial score (nSPS) is 10.1. The van der Waals surface area contributed by atoms with Gasteiger partial charge in [-0.2, -0.15) is 0 Å². The molecule has 3 aromatic carbocycles. The first-order valence-corrected chi connectivity index (χ1v) is 8.41. The maximum Gasteiger partial charge on any atom is 0.338 e. The summed E-state index contributed by atoms with van der Waals surface area (Å²) in [6.07, 6.45) is 0. The molecule has 0 unspecified atom stereocenters. The Bertz CT molecular complexity index is 906. The van der Waals surface area contributed by atoms with Crippen molar-refractivity contribution in [2.45, 2.75) is 6.61 Å². The first-order valence-electron chi connectivity index (χ1n) is 8.41. The summed E-state index contributed by atoms with van der Waals surface area (Å²) in [5.74, 6) is 1.95. The number of carbonyl (C=O) groups excluding carboxylic acids is 1. The lowest BCUT2D eigenvalue weighted by Gasteiger charge is -2.13. The molecule has 5 heteroatoms. The van der Waals surface area contributed by atoms with E-state index in [1.165, 1.54) is 0 Å². The number of carbonyl (C=O) groups is 1. The zero-order valence-electron chi connectivity index (χ0n) is 15.2. The third kappa shape index (κ3) is 4.58. The van der Waals surface area contributed by atoms with E-state index in [0.717, 1.165) is 5.56 Å². The van der Waals surface area contributed by atoms with Crippen LogP contribution in [0.15, 0.2) is 72.8 Å². The number of hydrogen-bond acceptors (Lipinski definition) is 5. The van der Waals surface area contributed by atoms with E-state index in [1.54, 1.807) is 44.6 Å². The largest absolute Gasteiger partial charge is 0.493 e. The molecule has 0 aliphatic carbocycles. The van der Waals surface area contributed by atoms with Gasteiger partial charge >= 0.3 is 5.97 Å². The summed E-state index contributed by atoms with van der Waals surface area (Å²) < 4.78 is 21.8. The van der Waals surface area contributed by atoms with Crippen molar-refractivity contribution in [1.29, 1.82) is 0 Å². The number of hydrogen-bond donors (Lipinski definition) is 0. The quantitative estimate of drug-likeness (QED) is 0.561. The minimum atomic E-state index is -0.446. The summed E-state index contributed by atoms with van der Waals surface area (Å²) >= 11 is 0. The lowest BCUT2D eigenvalue weighted by molar-refractivity contribution is 0.0469. The first-order chi connectivity index (χ1) is 13.2. The van der Waals surface area contributed by atoms with Crippen molar-refractivity contribution in [3.05, 3.63) is 83.9 Å². The molecular formula is C22H20O5. The Labute approximate surface area is 158 Å². The summed E-state index contributed by atoms with van der Waals surface area (Å²) in [7, 11) is 3.11. The fourth-order valence-corrected chi connectivity index (χ4v) is 2.61. The zero-order valence-corrected chi connectivity index (χ0v) is 15.2. The number of ether oxygens (including phenoxy) is 4. The molecule has 0 fully saturated rings. The number of methoxy groups -OCH3 is 2. The average Bonchev–Trinajstić information content (AvgIpc) is 2.72. The molecule has 0 saturated carbocycles. The minimum Gasteiger partial charge on any atom is -0.493 e. The van der Waals surface area contributed by atoms with E-state index >= 15 is 0 Å². The smallest absolute Gasteiger partial charge is 0.338 e. The van der Waals surface area contributed by atoms with Crippen LogP contribution in [0.1, 0.15) is 15.9 Å². The van der Waals surface area contributed by atoms with Gasteiger partial charge < -0.3 is 18.9 Å². The Kier molecular flexibility index (Phi) is 5.94. The molecule has 0 atom stereocenters. The van der Waals surface area contributed by atoms with Gasteiger partial charge in [0, 0.05) is 5.56 Å². The van der Waals surface area contributed by atoms with Crippen molar-refractivity contribution in [3.63, 3.8) is 0 Å². The van der Waals surface area contributed by atoms with Gasteiger partial charge in [0.15, 0.2) is 11.5 Å². The fourth-order valence-electron chi connectivity index (χ4n) is 2.61. The Hall–Kier alpha value is -3.47. The molecule has 3 aromatic rings. The number of benzene rings is 3. The highest BCUT2D eigenvalue weighted by atomic mass is 16.5.